The predicted octanol–water partition coefficient (Wildman–Crippen LogP) is 4.58. The first-order valence-electron chi connectivity index (χ1n) is 11.6. The van der Waals surface area contributed by atoms with Gasteiger partial charge in [-0.25, -0.2) is 9.67 Å². The van der Waals surface area contributed by atoms with E-state index >= 15 is 0 Å². The normalized spacial score (nSPS) is 13.9. The molecule has 0 bridgehead atoms. The molecule has 3 heterocycles. The minimum Gasteiger partial charge on any atom is -0.352 e. The number of Topliss-reactive ketones (excluding diaryl/α,β-unsaturated/α-hetero) is 1. The number of hydrogen-bond donors (Lipinski definition) is 0. The van der Waals surface area contributed by atoms with Gasteiger partial charge in [0.1, 0.15) is 5.69 Å². The molecule has 180 valence electrons. The largest absolute Gasteiger partial charge is 0.352 e. The van der Waals surface area contributed by atoms with Crippen molar-refractivity contribution < 1.29 is 4.79 Å². The van der Waals surface area contributed by atoms with E-state index in [0.717, 1.165) is 61.2 Å². The van der Waals surface area contributed by atoms with E-state index in [1.807, 2.05) is 47.1 Å². The zero-order chi connectivity index (χ0) is 23.5. The van der Waals surface area contributed by atoms with Crippen LogP contribution in [0.3, 0.4) is 0 Å². The van der Waals surface area contributed by atoms with Gasteiger partial charge in [-0.05, 0) is 26.0 Å². The van der Waals surface area contributed by atoms with Crippen LogP contribution in [-0.4, -0.2) is 56.6 Å². The van der Waals surface area contributed by atoms with Crippen molar-refractivity contribution in [1.29, 1.82) is 0 Å². The molecule has 0 unspecified atom stereocenters. The Morgan fingerprint density at radius 3 is 2.29 bits per heavy atom. The summed E-state index contributed by atoms with van der Waals surface area (Å²) in [5, 5.41) is 4.71. The van der Waals surface area contributed by atoms with Crippen LogP contribution in [0.5, 0.6) is 0 Å². The lowest BCUT2D eigenvalue weighted by Crippen LogP contribution is -2.46. The van der Waals surface area contributed by atoms with Gasteiger partial charge >= 0.3 is 0 Å². The highest BCUT2D eigenvalue weighted by Gasteiger charge is 2.22. The van der Waals surface area contributed by atoms with Gasteiger partial charge in [0.2, 0.25) is 0 Å². The van der Waals surface area contributed by atoms with Crippen LogP contribution in [0.4, 0.5) is 5.82 Å². The highest BCUT2D eigenvalue weighted by Crippen LogP contribution is 2.28. The molecule has 0 N–H and O–H groups in total. The van der Waals surface area contributed by atoms with Gasteiger partial charge in [-0.1, -0.05) is 42.5 Å². The second-order valence-electron chi connectivity index (χ2n) is 8.65. The molecule has 1 aliphatic heterocycles. The average Bonchev–Trinajstić information content (AvgIpc) is 3.25. The molecule has 0 spiro atoms. The van der Waals surface area contributed by atoms with Gasteiger partial charge in [0.05, 0.1) is 11.4 Å². The summed E-state index contributed by atoms with van der Waals surface area (Å²) in [6, 6.07) is 17.8. The zero-order valence-electron chi connectivity index (χ0n) is 20.0. The topological polar surface area (TPSA) is 67.2 Å². The quantitative estimate of drug-likeness (QED) is 0.370. The highest BCUT2D eigenvalue weighted by atomic mass is 35.5. The maximum atomic E-state index is 11.6. The van der Waals surface area contributed by atoms with E-state index in [2.05, 4.69) is 45.0 Å². The summed E-state index contributed by atoms with van der Waals surface area (Å²) >= 11 is 0. The molecule has 2 aromatic heterocycles. The standard InChI is InChI=1S/C27H28N6O.ClH/c1-20-24(19-33(30-20)25-6-4-3-5-7-25)18-31-14-16-32(17-15-31)27-26(28-12-13-29-27)23-10-8-22(9-11-23)21(2)34;/h3-13,19H,14-18H2,1-2H3;1H. The number of hydrogen-bond acceptors (Lipinski definition) is 6. The predicted molar refractivity (Wildman–Crippen MR) is 141 cm³/mol. The van der Waals surface area contributed by atoms with Crippen LogP contribution in [0, 0.1) is 6.92 Å². The molecule has 1 fully saturated rings. The number of rotatable bonds is 6. The Labute approximate surface area is 211 Å². The fraction of sp³-hybridized carbons (Fsp3) is 0.259. The average molecular weight is 489 g/mol. The van der Waals surface area contributed by atoms with E-state index in [4.69, 9.17) is 5.10 Å². The Kier molecular flexibility index (Phi) is 7.58. The van der Waals surface area contributed by atoms with Gasteiger partial charge in [-0.2, -0.15) is 5.10 Å². The number of carbonyl (C=O) groups excluding carboxylic acids is 1. The smallest absolute Gasteiger partial charge is 0.159 e. The van der Waals surface area contributed by atoms with Crippen LogP contribution >= 0.6 is 12.4 Å². The molecule has 0 atom stereocenters. The van der Waals surface area contributed by atoms with Crippen molar-refractivity contribution in [2.45, 2.75) is 20.4 Å². The summed E-state index contributed by atoms with van der Waals surface area (Å²) in [6.45, 7) is 8.17. The number of anilines is 1. The van der Waals surface area contributed by atoms with Crippen LogP contribution < -0.4 is 4.90 Å². The second-order valence-corrected chi connectivity index (χ2v) is 8.65. The minimum atomic E-state index is 0. The van der Waals surface area contributed by atoms with Gasteiger partial charge in [0, 0.05) is 68.0 Å². The number of piperazine rings is 1. The third-order valence-corrected chi connectivity index (χ3v) is 6.33. The van der Waals surface area contributed by atoms with Crippen LogP contribution in [0.1, 0.15) is 28.5 Å². The van der Waals surface area contributed by atoms with Crippen LogP contribution in [0.2, 0.25) is 0 Å². The summed E-state index contributed by atoms with van der Waals surface area (Å²) in [7, 11) is 0. The fourth-order valence-electron chi connectivity index (χ4n) is 4.35. The van der Waals surface area contributed by atoms with E-state index in [-0.39, 0.29) is 18.2 Å². The second kappa shape index (κ2) is 10.8. The molecule has 7 nitrogen and oxygen atoms in total. The van der Waals surface area contributed by atoms with Crippen molar-refractivity contribution in [3.8, 4) is 16.9 Å². The number of halogens is 1. The van der Waals surface area contributed by atoms with E-state index in [9.17, 15) is 4.79 Å². The monoisotopic (exact) mass is 488 g/mol. The van der Waals surface area contributed by atoms with E-state index in [0.29, 0.717) is 5.56 Å². The lowest BCUT2D eigenvalue weighted by atomic mass is 10.1. The third kappa shape index (κ3) is 5.42. The van der Waals surface area contributed by atoms with Crippen LogP contribution in [0.15, 0.2) is 73.2 Å². The molecule has 5 rings (SSSR count). The number of nitrogens with zero attached hydrogens (tertiary/aromatic N) is 6. The summed E-state index contributed by atoms with van der Waals surface area (Å²) < 4.78 is 1.96. The maximum Gasteiger partial charge on any atom is 0.159 e. The highest BCUT2D eigenvalue weighted by molar-refractivity contribution is 5.94. The van der Waals surface area contributed by atoms with E-state index in [1.54, 1.807) is 19.3 Å². The lowest BCUT2D eigenvalue weighted by molar-refractivity contribution is 0.101. The minimum absolute atomic E-state index is 0. The van der Waals surface area contributed by atoms with Crippen molar-refractivity contribution >= 4 is 24.0 Å². The molecular weight excluding hydrogens is 460 g/mol. The van der Waals surface area contributed by atoms with Gasteiger partial charge in [0.15, 0.2) is 11.6 Å². The molecule has 0 amide bonds. The number of para-hydroxylation sites is 1. The summed E-state index contributed by atoms with van der Waals surface area (Å²) in [5.41, 5.74) is 5.92. The molecule has 0 aliphatic carbocycles. The van der Waals surface area contributed by atoms with Gasteiger partial charge < -0.3 is 4.90 Å². The number of ketones is 1. The molecule has 4 aromatic rings. The summed E-state index contributed by atoms with van der Waals surface area (Å²) in [5.74, 6) is 0.956. The van der Waals surface area contributed by atoms with Crippen molar-refractivity contribution in [2.24, 2.45) is 0 Å². The number of aromatic nitrogens is 4. The van der Waals surface area contributed by atoms with Crippen LogP contribution in [0.25, 0.3) is 16.9 Å². The molecular formula is C27H29ClN6O. The van der Waals surface area contributed by atoms with Crippen molar-refractivity contribution in [3.63, 3.8) is 0 Å². The number of carbonyl (C=O) groups is 1. The first kappa shape index (κ1) is 24.6. The first-order chi connectivity index (χ1) is 16.6. The van der Waals surface area contributed by atoms with E-state index in [1.165, 1.54) is 5.56 Å². The van der Waals surface area contributed by atoms with Crippen molar-refractivity contribution in [2.75, 3.05) is 31.1 Å². The van der Waals surface area contributed by atoms with Crippen LogP contribution in [-0.2, 0) is 6.54 Å². The Morgan fingerprint density at radius 1 is 0.914 bits per heavy atom. The van der Waals surface area contributed by atoms with Gasteiger partial charge in [-0.3, -0.25) is 14.7 Å². The zero-order valence-corrected chi connectivity index (χ0v) is 20.8. The number of benzene rings is 2. The summed E-state index contributed by atoms with van der Waals surface area (Å²) in [4.78, 5) is 25.7. The van der Waals surface area contributed by atoms with Crippen molar-refractivity contribution in [1.82, 2.24) is 24.6 Å². The Morgan fingerprint density at radius 2 is 1.60 bits per heavy atom. The van der Waals surface area contributed by atoms with E-state index < -0.39 is 0 Å². The Balaban J connectivity index is 0.00000289. The van der Waals surface area contributed by atoms with Gasteiger partial charge in [-0.15, -0.1) is 12.4 Å². The molecule has 1 saturated heterocycles. The maximum absolute atomic E-state index is 11.6. The molecule has 1 aliphatic rings. The lowest BCUT2D eigenvalue weighted by Gasteiger charge is -2.35. The SMILES string of the molecule is CC(=O)c1ccc(-c2nccnc2N2CCN(Cc3cn(-c4ccccc4)nc3C)CC2)cc1.Cl. The number of aryl methyl sites for hydroxylation is 1. The molecule has 8 heteroatoms. The molecule has 2 aromatic carbocycles. The van der Waals surface area contributed by atoms with Crippen molar-refractivity contribution in [3.05, 3.63) is 90.0 Å². The fourth-order valence-corrected chi connectivity index (χ4v) is 4.35. The molecule has 0 radical (unpaired) electrons. The first-order valence-corrected chi connectivity index (χ1v) is 11.6. The Hall–Kier alpha value is -3.55. The Bertz CT molecular complexity index is 1280. The molecule has 35 heavy (non-hydrogen) atoms. The van der Waals surface area contributed by atoms with Gasteiger partial charge in [0.25, 0.3) is 0 Å². The third-order valence-electron chi connectivity index (χ3n) is 6.33. The molecule has 0 saturated carbocycles. The summed E-state index contributed by atoms with van der Waals surface area (Å²) in [6.07, 6.45) is 5.61.